The van der Waals surface area contributed by atoms with Crippen LogP contribution < -0.4 is 4.74 Å². The predicted octanol–water partition coefficient (Wildman–Crippen LogP) is 3.27. The minimum absolute atomic E-state index is 0.0180. The van der Waals surface area contributed by atoms with Gasteiger partial charge in [0.15, 0.2) is 5.78 Å². The van der Waals surface area contributed by atoms with E-state index in [1.54, 1.807) is 7.11 Å². The highest BCUT2D eigenvalue weighted by atomic mass is 16.6. The SMILES string of the molecule is CC[C@@](C)(OCc1ccc(OC)cc1)C(=O)CCCC[C@H]1O[C@@H]1CO. The van der Waals surface area contributed by atoms with Crippen molar-refractivity contribution < 1.29 is 24.1 Å². The second-order valence-corrected chi connectivity index (χ2v) is 6.79. The van der Waals surface area contributed by atoms with Gasteiger partial charge in [0.1, 0.15) is 17.5 Å². The van der Waals surface area contributed by atoms with Crippen molar-refractivity contribution in [2.24, 2.45) is 0 Å². The van der Waals surface area contributed by atoms with Crippen LogP contribution >= 0.6 is 0 Å². The second-order valence-electron chi connectivity index (χ2n) is 6.79. The molecule has 0 saturated carbocycles. The standard InChI is InChI=1S/C20H30O5/c1-4-20(2,24-14-15-9-11-16(23-3)12-10-15)19(22)8-6-5-7-17-18(13-21)25-17/h9-12,17-18,21H,4-8,13-14H2,1-3H3/t17-,18-,20-/m1/s1. The van der Waals surface area contributed by atoms with E-state index >= 15 is 0 Å². The van der Waals surface area contributed by atoms with Gasteiger partial charge in [-0.25, -0.2) is 0 Å². The first-order chi connectivity index (χ1) is 12.0. The molecule has 0 radical (unpaired) electrons. The molecule has 140 valence electrons. The summed E-state index contributed by atoms with van der Waals surface area (Å²) in [6, 6.07) is 7.69. The van der Waals surface area contributed by atoms with Gasteiger partial charge in [0, 0.05) is 6.42 Å². The zero-order chi connectivity index (χ0) is 18.3. The largest absolute Gasteiger partial charge is 0.497 e. The third-order valence-corrected chi connectivity index (χ3v) is 4.99. The third kappa shape index (κ3) is 5.80. The number of methoxy groups -OCH3 is 1. The molecular weight excluding hydrogens is 320 g/mol. The molecule has 1 aliphatic rings. The molecule has 0 bridgehead atoms. The maximum Gasteiger partial charge on any atom is 0.164 e. The number of unbranched alkanes of at least 4 members (excludes halogenated alkanes) is 1. The second kappa shape index (κ2) is 9.32. The number of benzene rings is 1. The topological polar surface area (TPSA) is 68.3 Å². The molecule has 0 amide bonds. The first kappa shape index (κ1) is 19.9. The van der Waals surface area contributed by atoms with Crippen LogP contribution in [0.1, 0.15) is 51.5 Å². The van der Waals surface area contributed by atoms with Crippen LogP contribution in [0, 0.1) is 0 Å². The van der Waals surface area contributed by atoms with Crippen LogP contribution in [-0.2, 0) is 20.9 Å². The summed E-state index contributed by atoms with van der Waals surface area (Å²) in [6.45, 7) is 4.37. The first-order valence-corrected chi connectivity index (χ1v) is 9.09. The number of rotatable bonds is 12. The summed E-state index contributed by atoms with van der Waals surface area (Å²) in [4.78, 5) is 12.6. The molecule has 0 unspecified atom stereocenters. The van der Waals surface area contributed by atoms with E-state index in [9.17, 15) is 4.79 Å². The van der Waals surface area contributed by atoms with Gasteiger partial charge in [0.2, 0.25) is 0 Å². The van der Waals surface area contributed by atoms with E-state index in [0.717, 1.165) is 30.6 Å². The lowest BCUT2D eigenvalue weighted by atomic mass is 9.93. The smallest absolute Gasteiger partial charge is 0.164 e. The van der Waals surface area contributed by atoms with Gasteiger partial charge >= 0.3 is 0 Å². The Morgan fingerprint density at radius 3 is 2.52 bits per heavy atom. The summed E-state index contributed by atoms with van der Waals surface area (Å²) in [5, 5.41) is 8.94. The maximum atomic E-state index is 12.6. The molecule has 25 heavy (non-hydrogen) atoms. The molecule has 5 heteroatoms. The van der Waals surface area contributed by atoms with Gasteiger partial charge in [-0.15, -0.1) is 0 Å². The van der Waals surface area contributed by atoms with Gasteiger partial charge in [-0.2, -0.15) is 0 Å². The molecule has 0 spiro atoms. The predicted molar refractivity (Wildman–Crippen MR) is 95.7 cm³/mol. The van der Waals surface area contributed by atoms with E-state index in [-0.39, 0.29) is 24.6 Å². The van der Waals surface area contributed by atoms with Crippen molar-refractivity contribution in [1.29, 1.82) is 0 Å². The summed E-state index contributed by atoms with van der Waals surface area (Å²) in [6.07, 6.45) is 4.05. The van der Waals surface area contributed by atoms with Crippen molar-refractivity contribution in [3.8, 4) is 5.75 Å². The minimum Gasteiger partial charge on any atom is -0.497 e. The average molecular weight is 350 g/mol. The Morgan fingerprint density at radius 1 is 1.24 bits per heavy atom. The summed E-state index contributed by atoms with van der Waals surface area (Å²) in [5.41, 5.74) is 0.276. The number of ether oxygens (including phenoxy) is 3. The van der Waals surface area contributed by atoms with Crippen molar-refractivity contribution in [3.63, 3.8) is 0 Å². The molecular formula is C20H30O5. The van der Waals surface area contributed by atoms with Crippen LogP contribution in [0.25, 0.3) is 0 Å². The Hall–Kier alpha value is -1.43. The molecule has 1 N–H and O–H groups in total. The summed E-state index contributed by atoms with van der Waals surface area (Å²) in [7, 11) is 1.64. The Labute approximate surface area is 150 Å². The highest BCUT2D eigenvalue weighted by Crippen LogP contribution is 2.28. The molecule has 5 nitrogen and oxygen atoms in total. The van der Waals surface area contributed by atoms with Crippen LogP contribution in [0.4, 0.5) is 0 Å². The number of ketones is 1. The highest BCUT2D eigenvalue weighted by molar-refractivity contribution is 5.86. The Balaban J connectivity index is 1.73. The average Bonchev–Trinajstić information content (AvgIpc) is 3.42. The van der Waals surface area contributed by atoms with Gasteiger partial charge in [0.05, 0.1) is 26.4 Å². The maximum absolute atomic E-state index is 12.6. The number of hydrogen-bond acceptors (Lipinski definition) is 5. The van der Waals surface area contributed by atoms with Gasteiger partial charge in [-0.1, -0.05) is 25.5 Å². The van der Waals surface area contributed by atoms with E-state index in [1.807, 2.05) is 38.1 Å². The molecule has 1 saturated heterocycles. The monoisotopic (exact) mass is 350 g/mol. The van der Waals surface area contributed by atoms with Crippen molar-refractivity contribution in [2.75, 3.05) is 13.7 Å². The van der Waals surface area contributed by atoms with E-state index in [4.69, 9.17) is 19.3 Å². The minimum atomic E-state index is -0.746. The fourth-order valence-corrected chi connectivity index (χ4v) is 2.83. The van der Waals surface area contributed by atoms with Crippen LogP contribution in [0.15, 0.2) is 24.3 Å². The van der Waals surface area contributed by atoms with E-state index < -0.39 is 5.60 Å². The normalized spacial score (nSPS) is 21.6. The van der Waals surface area contributed by atoms with Crippen LogP contribution in [0.3, 0.4) is 0 Å². The van der Waals surface area contributed by atoms with E-state index in [1.165, 1.54) is 0 Å². The van der Waals surface area contributed by atoms with Gasteiger partial charge in [-0.05, 0) is 43.9 Å². The first-order valence-electron chi connectivity index (χ1n) is 9.09. The molecule has 3 atom stereocenters. The van der Waals surface area contributed by atoms with Crippen LogP contribution in [0.2, 0.25) is 0 Å². The zero-order valence-corrected chi connectivity index (χ0v) is 15.5. The van der Waals surface area contributed by atoms with Crippen molar-refractivity contribution >= 4 is 5.78 Å². The summed E-state index contributed by atoms with van der Waals surface area (Å²) < 4.78 is 16.4. The van der Waals surface area contributed by atoms with Crippen molar-refractivity contribution in [3.05, 3.63) is 29.8 Å². The van der Waals surface area contributed by atoms with Gasteiger partial charge in [-0.3, -0.25) is 4.79 Å². The molecule has 0 aliphatic carbocycles. The van der Waals surface area contributed by atoms with Gasteiger partial charge in [0.25, 0.3) is 0 Å². The Kier molecular flexibility index (Phi) is 7.41. The van der Waals surface area contributed by atoms with Crippen molar-refractivity contribution in [1.82, 2.24) is 0 Å². The molecule has 2 rings (SSSR count). The number of hydrogen-bond donors (Lipinski definition) is 1. The fraction of sp³-hybridized carbons (Fsp3) is 0.650. The number of aliphatic hydroxyl groups is 1. The highest BCUT2D eigenvalue weighted by Gasteiger charge is 2.37. The van der Waals surface area contributed by atoms with Gasteiger partial charge < -0.3 is 19.3 Å². The van der Waals surface area contributed by atoms with Crippen LogP contribution in [0.5, 0.6) is 5.75 Å². The number of carbonyl (C=O) groups excluding carboxylic acids is 1. The Morgan fingerprint density at radius 2 is 1.96 bits per heavy atom. The number of epoxide rings is 1. The quantitative estimate of drug-likeness (QED) is 0.463. The zero-order valence-electron chi connectivity index (χ0n) is 15.5. The number of aliphatic hydroxyl groups excluding tert-OH is 1. The molecule has 1 aromatic rings. The number of carbonyl (C=O) groups is 1. The summed E-state index contributed by atoms with van der Waals surface area (Å²) in [5.74, 6) is 0.958. The fourth-order valence-electron chi connectivity index (χ4n) is 2.83. The van der Waals surface area contributed by atoms with Crippen LogP contribution in [-0.4, -0.2) is 42.4 Å². The molecule has 1 aromatic carbocycles. The molecule has 1 fully saturated rings. The van der Waals surface area contributed by atoms with Crippen molar-refractivity contribution in [2.45, 2.75) is 70.4 Å². The summed E-state index contributed by atoms with van der Waals surface area (Å²) >= 11 is 0. The van der Waals surface area contributed by atoms with E-state index in [0.29, 0.717) is 19.4 Å². The Bertz CT molecular complexity index is 542. The molecule has 1 heterocycles. The molecule has 0 aromatic heterocycles. The van der Waals surface area contributed by atoms with E-state index in [2.05, 4.69) is 0 Å². The molecule has 1 aliphatic heterocycles. The number of Topliss-reactive ketones (excluding diaryl/α,β-unsaturated/α-hetero) is 1. The lowest BCUT2D eigenvalue weighted by Gasteiger charge is -2.27. The third-order valence-electron chi connectivity index (χ3n) is 4.99. The lowest BCUT2D eigenvalue weighted by molar-refractivity contribution is -0.145. The lowest BCUT2D eigenvalue weighted by Crippen LogP contribution is -2.37.